The minimum atomic E-state index is -0.0339. The fourth-order valence-corrected chi connectivity index (χ4v) is 4.23. The zero-order chi connectivity index (χ0) is 12.4. The molecule has 1 saturated heterocycles. The molecule has 0 spiro atoms. The van der Waals surface area contributed by atoms with Gasteiger partial charge < -0.3 is 15.3 Å². The fraction of sp³-hybridized carbons (Fsp3) is 1.00. The van der Waals surface area contributed by atoms with Crippen LogP contribution in [-0.4, -0.2) is 48.3 Å². The molecule has 0 aromatic rings. The third-order valence-corrected chi connectivity index (χ3v) is 5.35. The molecule has 3 nitrogen and oxygen atoms in total. The van der Waals surface area contributed by atoms with E-state index in [1.54, 1.807) is 0 Å². The van der Waals surface area contributed by atoms with Crippen LogP contribution in [0.4, 0.5) is 0 Å². The average molecular weight is 252 g/mol. The largest absolute Gasteiger partial charge is 0.393 e. The highest BCUT2D eigenvalue weighted by molar-refractivity contribution is 4.93. The molecule has 1 heterocycles. The summed E-state index contributed by atoms with van der Waals surface area (Å²) in [7, 11) is 0. The van der Waals surface area contributed by atoms with E-state index in [-0.39, 0.29) is 6.10 Å². The third kappa shape index (κ3) is 3.06. The minimum absolute atomic E-state index is 0.0339. The number of likely N-dealkylation sites (tertiary alicyclic amines) is 1. The summed E-state index contributed by atoms with van der Waals surface area (Å²) < 4.78 is 0. The highest BCUT2D eigenvalue weighted by atomic mass is 16.3. The molecule has 3 fully saturated rings. The van der Waals surface area contributed by atoms with Crippen LogP contribution in [0.25, 0.3) is 0 Å². The number of nitrogens with zero attached hydrogens (tertiary/aromatic N) is 1. The number of rotatable bonds is 5. The van der Waals surface area contributed by atoms with Crippen molar-refractivity contribution in [1.29, 1.82) is 0 Å². The number of hydrogen-bond acceptors (Lipinski definition) is 3. The van der Waals surface area contributed by atoms with E-state index in [0.29, 0.717) is 0 Å². The summed E-state index contributed by atoms with van der Waals surface area (Å²) >= 11 is 0. The van der Waals surface area contributed by atoms with Gasteiger partial charge in [0.15, 0.2) is 0 Å². The first-order valence-electron chi connectivity index (χ1n) is 7.95. The lowest BCUT2D eigenvalue weighted by molar-refractivity contribution is 0.0819. The number of fused-ring (bicyclic) bond motifs is 2. The van der Waals surface area contributed by atoms with Gasteiger partial charge in [0.2, 0.25) is 0 Å². The zero-order valence-electron chi connectivity index (χ0n) is 11.5. The second-order valence-corrected chi connectivity index (χ2v) is 6.66. The summed E-state index contributed by atoms with van der Waals surface area (Å²) in [6.45, 7) is 4.58. The van der Waals surface area contributed by atoms with Crippen molar-refractivity contribution in [3.8, 4) is 0 Å². The lowest BCUT2D eigenvalue weighted by Crippen LogP contribution is -2.39. The Hall–Kier alpha value is -0.120. The lowest BCUT2D eigenvalue weighted by Gasteiger charge is -2.30. The number of hydrogen-bond donors (Lipinski definition) is 2. The summed E-state index contributed by atoms with van der Waals surface area (Å²) in [5.41, 5.74) is 0. The second kappa shape index (κ2) is 5.89. The molecule has 0 aromatic carbocycles. The third-order valence-electron chi connectivity index (χ3n) is 5.35. The maximum absolute atomic E-state index is 9.46. The van der Waals surface area contributed by atoms with E-state index in [1.807, 2.05) is 0 Å². The summed E-state index contributed by atoms with van der Waals surface area (Å²) in [4.78, 5) is 2.51. The average Bonchev–Trinajstić information content (AvgIpc) is 2.99. The highest BCUT2D eigenvalue weighted by Gasteiger charge is 2.38. The van der Waals surface area contributed by atoms with Crippen molar-refractivity contribution < 1.29 is 5.11 Å². The standard InChI is InChI=1S/C15H28N2O/c18-14-4-8-17(9-5-14)7-1-6-16-15-11-12-2-3-13(15)10-12/h12-16,18H,1-11H2. The van der Waals surface area contributed by atoms with Crippen molar-refractivity contribution in [2.75, 3.05) is 26.2 Å². The van der Waals surface area contributed by atoms with E-state index in [0.717, 1.165) is 43.8 Å². The van der Waals surface area contributed by atoms with Crippen LogP contribution in [0.3, 0.4) is 0 Å². The van der Waals surface area contributed by atoms with Gasteiger partial charge in [-0.1, -0.05) is 6.42 Å². The molecule has 3 rings (SSSR count). The van der Waals surface area contributed by atoms with Crippen molar-refractivity contribution in [1.82, 2.24) is 10.2 Å². The zero-order valence-corrected chi connectivity index (χ0v) is 11.5. The van der Waals surface area contributed by atoms with Gasteiger partial charge in [0.1, 0.15) is 0 Å². The molecule has 2 bridgehead atoms. The van der Waals surface area contributed by atoms with E-state index in [9.17, 15) is 5.11 Å². The summed E-state index contributed by atoms with van der Waals surface area (Å²) in [5, 5.41) is 13.2. The Morgan fingerprint density at radius 3 is 2.56 bits per heavy atom. The molecule has 2 saturated carbocycles. The van der Waals surface area contributed by atoms with Crippen LogP contribution in [0.5, 0.6) is 0 Å². The highest BCUT2D eigenvalue weighted by Crippen LogP contribution is 2.44. The van der Waals surface area contributed by atoms with Gasteiger partial charge in [-0.3, -0.25) is 0 Å². The van der Waals surface area contributed by atoms with Crippen LogP contribution in [-0.2, 0) is 0 Å². The van der Waals surface area contributed by atoms with Crippen LogP contribution >= 0.6 is 0 Å². The molecule has 104 valence electrons. The van der Waals surface area contributed by atoms with Crippen molar-refractivity contribution in [3.05, 3.63) is 0 Å². The molecule has 3 heteroatoms. The molecule has 2 aliphatic carbocycles. The van der Waals surface area contributed by atoms with Gasteiger partial charge in [0.05, 0.1) is 6.10 Å². The second-order valence-electron chi connectivity index (χ2n) is 6.66. The summed E-state index contributed by atoms with van der Waals surface area (Å²) in [5.74, 6) is 2.05. The summed E-state index contributed by atoms with van der Waals surface area (Å²) in [6, 6.07) is 0.840. The van der Waals surface area contributed by atoms with Gasteiger partial charge in [-0.05, 0) is 63.5 Å². The van der Waals surface area contributed by atoms with Crippen LogP contribution in [0, 0.1) is 11.8 Å². The van der Waals surface area contributed by atoms with Crippen LogP contribution in [0.1, 0.15) is 44.9 Å². The normalized spacial score (nSPS) is 37.5. The van der Waals surface area contributed by atoms with E-state index in [1.165, 1.54) is 45.2 Å². The van der Waals surface area contributed by atoms with Gasteiger partial charge in [-0.2, -0.15) is 0 Å². The molecule has 3 unspecified atom stereocenters. The monoisotopic (exact) mass is 252 g/mol. The van der Waals surface area contributed by atoms with Gasteiger partial charge in [-0.25, -0.2) is 0 Å². The van der Waals surface area contributed by atoms with Crippen LogP contribution in [0.2, 0.25) is 0 Å². The van der Waals surface area contributed by atoms with Gasteiger partial charge >= 0.3 is 0 Å². The maximum atomic E-state index is 9.46. The molecule has 3 aliphatic rings. The molecule has 3 atom stereocenters. The SMILES string of the molecule is OC1CCN(CCCNC2CC3CCC2C3)CC1. The van der Waals surface area contributed by atoms with E-state index in [4.69, 9.17) is 0 Å². The lowest BCUT2D eigenvalue weighted by atomic mass is 9.95. The molecule has 0 amide bonds. The molecule has 1 aliphatic heterocycles. The summed E-state index contributed by atoms with van der Waals surface area (Å²) in [6.07, 6.45) is 9.10. The predicted octanol–water partition coefficient (Wildman–Crippen LogP) is 1.61. The first-order valence-corrected chi connectivity index (χ1v) is 7.95. The smallest absolute Gasteiger partial charge is 0.0564 e. The molecule has 0 aromatic heterocycles. The molecule has 2 N–H and O–H groups in total. The van der Waals surface area contributed by atoms with Crippen LogP contribution in [0.15, 0.2) is 0 Å². The van der Waals surface area contributed by atoms with Crippen molar-refractivity contribution in [2.45, 2.75) is 57.1 Å². The first kappa shape index (κ1) is 12.9. The topological polar surface area (TPSA) is 35.5 Å². The minimum Gasteiger partial charge on any atom is -0.393 e. The van der Waals surface area contributed by atoms with Crippen LogP contribution < -0.4 is 5.32 Å². The number of aliphatic hydroxyl groups is 1. The molecule has 0 radical (unpaired) electrons. The van der Waals surface area contributed by atoms with E-state index >= 15 is 0 Å². The first-order chi connectivity index (χ1) is 8.81. The number of piperidine rings is 1. The van der Waals surface area contributed by atoms with Gasteiger partial charge in [0.25, 0.3) is 0 Å². The maximum Gasteiger partial charge on any atom is 0.0564 e. The molecular weight excluding hydrogens is 224 g/mol. The predicted molar refractivity (Wildman–Crippen MR) is 73.5 cm³/mol. The van der Waals surface area contributed by atoms with E-state index < -0.39 is 0 Å². The Balaban J connectivity index is 1.27. The Morgan fingerprint density at radius 2 is 1.89 bits per heavy atom. The number of nitrogens with one attached hydrogen (secondary N) is 1. The van der Waals surface area contributed by atoms with Crippen molar-refractivity contribution >= 4 is 0 Å². The Kier molecular flexibility index (Phi) is 4.22. The fourth-order valence-electron chi connectivity index (χ4n) is 4.23. The van der Waals surface area contributed by atoms with Crippen molar-refractivity contribution in [3.63, 3.8) is 0 Å². The Bertz CT molecular complexity index is 263. The van der Waals surface area contributed by atoms with Crippen molar-refractivity contribution in [2.24, 2.45) is 11.8 Å². The quantitative estimate of drug-likeness (QED) is 0.730. The van der Waals surface area contributed by atoms with Gasteiger partial charge in [0, 0.05) is 19.1 Å². The number of aliphatic hydroxyl groups excluding tert-OH is 1. The molecular formula is C15H28N2O. The molecule has 18 heavy (non-hydrogen) atoms. The van der Waals surface area contributed by atoms with E-state index in [2.05, 4.69) is 10.2 Å². The van der Waals surface area contributed by atoms with Gasteiger partial charge in [-0.15, -0.1) is 0 Å². The Morgan fingerprint density at radius 1 is 1.06 bits per heavy atom. The Labute approximate surface area is 111 Å².